The minimum atomic E-state index is 0. The number of nitrogens with two attached hydrogens (primary N) is 1. The van der Waals surface area contributed by atoms with Gasteiger partial charge < -0.3 is 34.7 Å². The van der Waals surface area contributed by atoms with E-state index >= 15 is 0 Å². The van der Waals surface area contributed by atoms with Crippen molar-refractivity contribution in [3.05, 3.63) is 168 Å². The van der Waals surface area contributed by atoms with Crippen molar-refractivity contribution in [2.24, 2.45) is 12.8 Å². The molecular formula is C88H150N20O5. The van der Waals surface area contributed by atoms with Crippen LogP contribution in [0.2, 0.25) is 0 Å². The molecule has 25 heteroatoms. The lowest BCUT2D eigenvalue weighted by Crippen LogP contribution is -2.45. The Morgan fingerprint density at radius 3 is 1.12 bits per heavy atom. The van der Waals surface area contributed by atoms with Gasteiger partial charge in [0.2, 0.25) is 0 Å². The first-order valence-electron chi connectivity index (χ1n) is 41.9. The van der Waals surface area contributed by atoms with Gasteiger partial charge in [-0.3, -0.25) is 47.3 Å². The Morgan fingerprint density at radius 1 is 0.416 bits per heavy atom. The van der Waals surface area contributed by atoms with Gasteiger partial charge in [-0.25, -0.2) is 0 Å². The summed E-state index contributed by atoms with van der Waals surface area (Å²) in [4.78, 5) is 9.31. The van der Waals surface area contributed by atoms with E-state index in [9.17, 15) is 0 Å². The Morgan fingerprint density at radius 2 is 0.796 bits per heavy atom. The molecule has 113 heavy (non-hydrogen) atoms. The molecule has 14 rings (SSSR count). The van der Waals surface area contributed by atoms with Gasteiger partial charge in [0.15, 0.2) is 0 Å². The molecule has 0 aromatic carbocycles. The van der Waals surface area contributed by atoms with E-state index < -0.39 is 0 Å². The summed E-state index contributed by atoms with van der Waals surface area (Å²) in [5.41, 5.74) is 18.2. The standard InChI is InChI=1S/C14H22N2O.C12H21N3O.C11H18N2O.C10H16N2.C9H14N2O.C8H15N3.C8H14N2O.C8H14N2.C7H12N2.CH4/c1-10(2)14-6-5-13(7-15-14)16-8-11(3)17-12(4)9-16;1-11(2)12-9-13-15(10-12)4-3-14-5-7-16-8-6-14;1-9(2)10-7-12-13(8-10)11-3-5-14-6-4-11;1-8(2)9-6-11-12(7-9)10-4-3-5-10;1-7(2)8-3-10-11(4-8)9-5-12-6-9;1-7(2)8-5-10-11(6-8)4-3-9;1-7(2)8-5-9-10(6-8)3-4-11;1-4-10-6-8(5-9-10)7(2)3;1-6(2)7-4-8-9(3)5-7;/h5-7,10-12H,8-9H2,1-4H3;9-11H,3-8H2,1-2H3;7-9,11H,3-6H2,1-2H3;6-8,10H,3-5H2,1-2H3;3-4,7,9H,5-6H2,1-2H3;5-7H,3-4,9H2,1-2H3;5-7,11H,3-4H2,1-2H3;5-7H,4H2,1-3H3;4-6H,1-3H3;1H4. The van der Waals surface area contributed by atoms with Crippen molar-refractivity contribution in [1.82, 2.24) is 88.1 Å². The van der Waals surface area contributed by atoms with Crippen molar-refractivity contribution in [2.45, 2.75) is 295 Å². The number of aryl methyl sites for hydroxylation is 2. The molecule has 13 heterocycles. The quantitative estimate of drug-likeness (QED) is 0.0679. The third-order valence-corrected chi connectivity index (χ3v) is 20.5. The zero-order valence-corrected chi connectivity index (χ0v) is 72.8. The molecule has 632 valence electrons. The van der Waals surface area contributed by atoms with Crippen LogP contribution in [0.5, 0.6) is 0 Å². The summed E-state index contributed by atoms with van der Waals surface area (Å²) >= 11 is 0. The van der Waals surface area contributed by atoms with Gasteiger partial charge in [0.05, 0.1) is 144 Å². The van der Waals surface area contributed by atoms with Crippen molar-refractivity contribution >= 4 is 5.69 Å². The van der Waals surface area contributed by atoms with E-state index in [-0.39, 0.29) is 14.0 Å². The molecule has 2 atom stereocenters. The summed E-state index contributed by atoms with van der Waals surface area (Å²) in [5.74, 6) is 5.08. The van der Waals surface area contributed by atoms with Gasteiger partial charge >= 0.3 is 0 Å². The molecule has 0 spiro atoms. The lowest BCUT2D eigenvalue weighted by atomic mass is 9.93. The Hall–Kier alpha value is -7.65. The molecular weight excluding hydrogens is 1420 g/mol. The highest BCUT2D eigenvalue weighted by Crippen LogP contribution is 2.32. The average Bonchev–Trinajstić information content (AvgIpc) is 1.83. The van der Waals surface area contributed by atoms with Crippen LogP contribution in [0, 0.1) is 0 Å². The highest BCUT2D eigenvalue weighted by molar-refractivity contribution is 5.45. The molecule has 1 aliphatic carbocycles. The molecule has 4 aliphatic heterocycles. The zero-order valence-electron chi connectivity index (χ0n) is 72.8. The zero-order chi connectivity index (χ0) is 81.8. The van der Waals surface area contributed by atoms with Crippen molar-refractivity contribution in [3.8, 4) is 0 Å². The van der Waals surface area contributed by atoms with Crippen molar-refractivity contribution in [1.29, 1.82) is 0 Å². The number of morpholine rings is 2. The number of anilines is 1. The molecule has 9 aromatic rings. The summed E-state index contributed by atoms with van der Waals surface area (Å²) in [7, 11) is 1.94. The van der Waals surface area contributed by atoms with Gasteiger partial charge in [-0.1, -0.05) is 132 Å². The highest BCUT2D eigenvalue weighted by Gasteiger charge is 2.25. The first-order chi connectivity index (χ1) is 53.5. The lowest BCUT2D eigenvalue weighted by molar-refractivity contribution is -0.0286. The van der Waals surface area contributed by atoms with Crippen LogP contribution in [0.15, 0.2) is 117 Å². The molecule has 5 aliphatic rings. The predicted octanol–water partition coefficient (Wildman–Crippen LogP) is 17.0. The Bertz CT molecular complexity index is 3770. The van der Waals surface area contributed by atoms with Crippen molar-refractivity contribution in [3.63, 3.8) is 0 Å². The number of ether oxygens (including phenoxy) is 4. The number of aliphatic hydroxyl groups excluding tert-OH is 1. The van der Waals surface area contributed by atoms with E-state index in [1.54, 1.807) is 4.68 Å². The molecule has 9 aromatic heterocycles. The maximum atomic E-state index is 8.61. The molecule has 3 N–H and O–H groups in total. The second-order valence-electron chi connectivity index (χ2n) is 33.0. The number of hydrogen-bond acceptors (Lipinski definition) is 17. The average molecular weight is 1570 g/mol. The van der Waals surface area contributed by atoms with Gasteiger partial charge in [0.25, 0.3) is 0 Å². The van der Waals surface area contributed by atoms with Crippen LogP contribution in [0.25, 0.3) is 0 Å². The SMILES string of the molecule is C.CC(C)c1cnn(C)c1.CC(C)c1cnn(C2CCC2)c1.CC(C)c1cnn(C2CCOCC2)c1.CC(C)c1cnn(C2COC2)c1.CC(C)c1cnn(CCN)c1.CC(C)c1cnn(CCN2CCOCC2)c1.CC(C)c1cnn(CCO)c1.CC1CN(c2ccc(C(C)C)nc2)CC(C)O1.CCn1cc(C(C)C)cn1. The van der Waals surface area contributed by atoms with Crippen LogP contribution >= 0.6 is 0 Å². The number of aromatic nitrogens is 17. The minimum absolute atomic E-state index is 0. The molecule has 0 amide bonds. The molecule has 1 saturated carbocycles. The molecule has 2 unspecified atom stereocenters. The maximum Gasteiger partial charge on any atom is 0.0985 e. The molecule has 4 saturated heterocycles. The van der Waals surface area contributed by atoms with Gasteiger partial charge in [0.1, 0.15) is 0 Å². The van der Waals surface area contributed by atoms with Crippen LogP contribution in [0.1, 0.15) is 307 Å². The third kappa shape index (κ3) is 34.0. The highest BCUT2D eigenvalue weighted by atomic mass is 16.5. The van der Waals surface area contributed by atoms with E-state index in [1.165, 1.54) is 69.5 Å². The summed E-state index contributed by atoms with van der Waals surface area (Å²) < 4.78 is 37.2. The number of nitrogens with zero attached hydrogens (tertiary/aromatic N) is 19. The van der Waals surface area contributed by atoms with Gasteiger partial charge in [-0.15, -0.1) is 0 Å². The molecule has 25 nitrogen and oxygen atoms in total. The van der Waals surface area contributed by atoms with Crippen molar-refractivity contribution < 1.29 is 24.1 Å². The third-order valence-electron chi connectivity index (χ3n) is 20.5. The second-order valence-corrected chi connectivity index (χ2v) is 33.0. The van der Waals surface area contributed by atoms with Gasteiger partial charge in [-0.05, 0) is 163 Å². The van der Waals surface area contributed by atoms with Crippen molar-refractivity contribution in [2.75, 3.05) is 90.4 Å². The van der Waals surface area contributed by atoms with E-state index in [0.717, 1.165) is 111 Å². The van der Waals surface area contributed by atoms with E-state index in [0.29, 0.717) is 96.7 Å². The lowest BCUT2D eigenvalue weighted by Gasteiger charge is -2.36. The fourth-order valence-corrected chi connectivity index (χ4v) is 12.1. The number of pyridine rings is 1. The Balaban J connectivity index is 0.000000228. The number of aliphatic hydroxyl groups is 1. The number of rotatable bonds is 21. The fourth-order valence-electron chi connectivity index (χ4n) is 12.1. The topological polar surface area (TPSA) is 245 Å². The number of hydrogen-bond donors (Lipinski definition) is 2. The van der Waals surface area contributed by atoms with Crippen LogP contribution in [-0.2, 0) is 52.2 Å². The van der Waals surface area contributed by atoms with Crippen LogP contribution in [-0.4, -0.2) is 191 Å². The summed E-state index contributed by atoms with van der Waals surface area (Å²) in [5, 5.41) is 42.6. The first-order valence-corrected chi connectivity index (χ1v) is 41.9. The molecule has 0 bridgehead atoms. The van der Waals surface area contributed by atoms with Crippen LogP contribution in [0.3, 0.4) is 0 Å². The summed E-state index contributed by atoms with van der Waals surface area (Å²) in [6, 6.07) is 6.05. The maximum absolute atomic E-state index is 8.61. The second kappa shape index (κ2) is 50.6. The normalized spacial score (nSPS) is 16.6. The Labute approximate surface area is 680 Å². The van der Waals surface area contributed by atoms with Gasteiger partial charge in [-0.2, -0.15) is 40.8 Å². The summed E-state index contributed by atoms with van der Waals surface area (Å²) in [6.45, 7) is 59.9. The Kier molecular flexibility index (Phi) is 43.0. The van der Waals surface area contributed by atoms with Gasteiger partial charge in [0, 0.05) is 121 Å². The molecule has 5 fully saturated rings. The van der Waals surface area contributed by atoms with E-state index in [4.69, 9.17) is 29.8 Å². The van der Waals surface area contributed by atoms with E-state index in [1.807, 2.05) is 98.6 Å². The van der Waals surface area contributed by atoms with E-state index in [2.05, 4.69) is 260 Å². The monoisotopic (exact) mass is 1570 g/mol. The van der Waals surface area contributed by atoms with Crippen LogP contribution < -0.4 is 10.6 Å². The molecule has 0 radical (unpaired) electrons. The summed E-state index contributed by atoms with van der Waals surface area (Å²) in [6.07, 6.45) is 41.1. The minimum Gasteiger partial charge on any atom is -0.394 e. The largest absolute Gasteiger partial charge is 0.394 e. The predicted molar refractivity (Wildman–Crippen MR) is 460 cm³/mol. The smallest absolute Gasteiger partial charge is 0.0985 e. The first kappa shape index (κ1) is 95.9. The van der Waals surface area contributed by atoms with Crippen LogP contribution in [0.4, 0.5) is 5.69 Å². The fraction of sp³-hybridized carbons (Fsp3) is 0.670.